The van der Waals surface area contributed by atoms with E-state index in [4.69, 9.17) is 16.2 Å². The van der Waals surface area contributed by atoms with Crippen molar-refractivity contribution >= 4 is 39.4 Å². The highest BCUT2D eigenvalue weighted by molar-refractivity contribution is 9.10. The van der Waals surface area contributed by atoms with Crippen molar-refractivity contribution in [3.63, 3.8) is 0 Å². The Hall–Kier alpha value is -2.22. The van der Waals surface area contributed by atoms with Gasteiger partial charge in [-0.1, -0.05) is 35.0 Å². The maximum absolute atomic E-state index is 12.3. The van der Waals surface area contributed by atoms with Gasteiger partial charge >= 0.3 is 5.97 Å². The molecule has 7 nitrogen and oxygen atoms in total. The molecule has 0 aliphatic carbocycles. The molecule has 124 valence electrons. The summed E-state index contributed by atoms with van der Waals surface area (Å²) in [7, 11) is 0. The van der Waals surface area contributed by atoms with Gasteiger partial charge in [0.2, 0.25) is 11.8 Å². The molecule has 1 aromatic carbocycles. The van der Waals surface area contributed by atoms with Gasteiger partial charge in [0.05, 0.1) is 5.92 Å². The van der Waals surface area contributed by atoms with E-state index in [1.165, 1.54) is 6.92 Å². The molecule has 2 amide bonds. The Balaban J connectivity index is 3.14. The van der Waals surface area contributed by atoms with Gasteiger partial charge in [0.25, 0.3) is 0 Å². The Bertz CT molecular complexity index is 645. The molecule has 0 saturated carbocycles. The average Bonchev–Trinajstić information content (AvgIpc) is 2.47. The van der Waals surface area contributed by atoms with E-state index >= 15 is 0 Å². The Morgan fingerprint density at radius 3 is 2.26 bits per heavy atom. The average molecular weight is 384 g/mol. The van der Waals surface area contributed by atoms with Gasteiger partial charge in [0.15, 0.2) is 0 Å². The minimum atomic E-state index is -1.51. The van der Waals surface area contributed by atoms with Crippen LogP contribution in [0.5, 0.6) is 0 Å². The molecule has 5 N–H and O–H groups in total. The van der Waals surface area contributed by atoms with Gasteiger partial charge in [-0.15, -0.1) is 0 Å². The molecule has 0 heterocycles. The monoisotopic (exact) mass is 383 g/mol. The SMILES string of the molecule is CCC(C(=N)C(=O)O)C(=O)NC(C)(C(N)=O)c1ccc(Br)cc1. The summed E-state index contributed by atoms with van der Waals surface area (Å²) < 4.78 is 0.790. The van der Waals surface area contributed by atoms with E-state index in [-0.39, 0.29) is 6.42 Å². The van der Waals surface area contributed by atoms with Crippen LogP contribution in [0.2, 0.25) is 0 Å². The summed E-state index contributed by atoms with van der Waals surface area (Å²) in [5.74, 6) is -4.16. The lowest BCUT2D eigenvalue weighted by molar-refractivity contribution is -0.134. The third-order valence-corrected chi connectivity index (χ3v) is 4.12. The van der Waals surface area contributed by atoms with Gasteiger partial charge in [-0.2, -0.15) is 0 Å². The molecule has 0 aromatic heterocycles. The molecule has 0 aliphatic heterocycles. The number of nitrogens with two attached hydrogens (primary N) is 1. The molecule has 0 saturated heterocycles. The molecular formula is C15H18BrN3O4. The highest BCUT2D eigenvalue weighted by Gasteiger charge is 2.38. The van der Waals surface area contributed by atoms with Gasteiger partial charge in [-0.05, 0) is 31.0 Å². The van der Waals surface area contributed by atoms with Crippen molar-refractivity contribution in [2.45, 2.75) is 25.8 Å². The van der Waals surface area contributed by atoms with Crippen LogP contribution < -0.4 is 11.1 Å². The Labute approximate surface area is 141 Å². The molecule has 0 radical (unpaired) electrons. The summed E-state index contributed by atoms with van der Waals surface area (Å²) in [5, 5.41) is 18.9. The van der Waals surface area contributed by atoms with Crippen LogP contribution in [-0.4, -0.2) is 28.6 Å². The lowest BCUT2D eigenvalue weighted by Crippen LogP contribution is -2.55. The van der Waals surface area contributed by atoms with Crippen molar-refractivity contribution in [2.75, 3.05) is 0 Å². The number of primary amides is 1. The Morgan fingerprint density at radius 2 is 1.87 bits per heavy atom. The zero-order valence-corrected chi connectivity index (χ0v) is 14.3. The lowest BCUT2D eigenvalue weighted by Gasteiger charge is -2.29. The van der Waals surface area contributed by atoms with Crippen molar-refractivity contribution in [1.82, 2.24) is 5.32 Å². The summed E-state index contributed by atoms with van der Waals surface area (Å²) in [4.78, 5) is 35.1. The maximum Gasteiger partial charge on any atom is 0.350 e. The smallest absolute Gasteiger partial charge is 0.350 e. The molecule has 8 heteroatoms. The van der Waals surface area contributed by atoms with Crippen LogP contribution in [0.4, 0.5) is 0 Å². The van der Waals surface area contributed by atoms with Gasteiger partial charge < -0.3 is 16.2 Å². The Kier molecular flexibility index (Phi) is 6.03. The zero-order valence-electron chi connectivity index (χ0n) is 12.7. The number of carbonyl (C=O) groups is 3. The second-order valence-electron chi connectivity index (χ2n) is 5.17. The number of hydrogen-bond acceptors (Lipinski definition) is 4. The van der Waals surface area contributed by atoms with Crippen LogP contribution in [0.1, 0.15) is 25.8 Å². The molecule has 0 aliphatic rings. The fourth-order valence-corrected chi connectivity index (χ4v) is 2.33. The summed E-state index contributed by atoms with van der Waals surface area (Å²) in [5.41, 5.74) is 3.65. The predicted octanol–water partition coefficient (Wildman–Crippen LogP) is 1.40. The standard InChI is InChI=1S/C15H18BrN3O4/c1-3-10(11(17)13(21)22)12(20)19-15(2,14(18)23)8-4-6-9(16)7-5-8/h4-7,10,17H,3H2,1-2H3,(H2,18,23)(H,19,20)(H,21,22). The van der Waals surface area contributed by atoms with E-state index in [1.54, 1.807) is 31.2 Å². The number of rotatable bonds is 7. The first-order chi connectivity index (χ1) is 10.6. The molecule has 1 rings (SSSR count). The van der Waals surface area contributed by atoms with Crippen molar-refractivity contribution < 1.29 is 19.5 Å². The first kappa shape index (κ1) is 18.8. The molecular weight excluding hydrogens is 366 g/mol. The van der Waals surface area contributed by atoms with E-state index in [1.807, 2.05) is 0 Å². The number of hydrogen-bond donors (Lipinski definition) is 4. The summed E-state index contributed by atoms with van der Waals surface area (Å²) in [6.45, 7) is 3.02. The molecule has 0 fully saturated rings. The molecule has 1 aromatic rings. The molecule has 0 spiro atoms. The van der Waals surface area contributed by atoms with E-state index in [9.17, 15) is 14.4 Å². The first-order valence-electron chi connectivity index (χ1n) is 6.83. The van der Waals surface area contributed by atoms with Gasteiger partial charge in [-0.3, -0.25) is 15.0 Å². The van der Waals surface area contributed by atoms with Crippen LogP contribution in [0.25, 0.3) is 0 Å². The predicted molar refractivity (Wildman–Crippen MR) is 88.0 cm³/mol. The van der Waals surface area contributed by atoms with Crippen molar-refractivity contribution in [3.05, 3.63) is 34.3 Å². The highest BCUT2D eigenvalue weighted by Crippen LogP contribution is 2.23. The molecule has 2 atom stereocenters. The molecule has 2 unspecified atom stereocenters. The van der Waals surface area contributed by atoms with E-state index < -0.39 is 35.0 Å². The van der Waals surface area contributed by atoms with Crippen LogP contribution in [0.3, 0.4) is 0 Å². The number of carboxylic acid groups (broad SMARTS) is 1. The fraction of sp³-hybridized carbons (Fsp3) is 0.333. The topological polar surface area (TPSA) is 133 Å². The van der Waals surface area contributed by atoms with Crippen LogP contribution in [-0.2, 0) is 19.9 Å². The summed E-state index contributed by atoms with van der Waals surface area (Å²) >= 11 is 3.27. The van der Waals surface area contributed by atoms with Crippen LogP contribution in [0, 0.1) is 11.3 Å². The Morgan fingerprint density at radius 1 is 1.35 bits per heavy atom. The third kappa shape index (κ3) is 4.16. The maximum atomic E-state index is 12.3. The van der Waals surface area contributed by atoms with Gasteiger partial charge in [0, 0.05) is 4.47 Å². The van der Waals surface area contributed by atoms with Crippen LogP contribution >= 0.6 is 15.9 Å². The van der Waals surface area contributed by atoms with Crippen LogP contribution in [0.15, 0.2) is 28.7 Å². The number of nitrogens with one attached hydrogen (secondary N) is 2. The third-order valence-electron chi connectivity index (χ3n) is 3.59. The van der Waals surface area contributed by atoms with Gasteiger partial charge in [-0.25, -0.2) is 4.79 Å². The second kappa shape index (κ2) is 7.36. The molecule has 23 heavy (non-hydrogen) atoms. The number of benzene rings is 1. The normalized spacial score (nSPS) is 14.4. The number of halogens is 1. The first-order valence-corrected chi connectivity index (χ1v) is 7.62. The largest absolute Gasteiger partial charge is 0.477 e. The quantitative estimate of drug-likeness (QED) is 0.529. The fourth-order valence-electron chi connectivity index (χ4n) is 2.06. The number of amides is 2. The second-order valence-corrected chi connectivity index (χ2v) is 6.08. The zero-order chi connectivity index (χ0) is 17.8. The van der Waals surface area contributed by atoms with Crippen molar-refractivity contribution in [2.24, 2.45) is 11.7 Å². The summed E-state index contributed by atoms with van der Waals surface area (Å²) in [6, 6.07) is 6.63. The number of carbonyl (C=O) groups excluding carboxylic acids is 2. The van der Waals surface area contributed by atoms with Gasteiger partial charge in [0.1, 0.15) is 11.3 Å². The minimum Gasteiger partial charge on any atom is -0.477 e. The van der Waals surface area contributed by atoms with Crippen molar-refractivity contribution in [3.8, 4) is 0 Å². The van der Waals surface area contributed by atoms with E-state index in [0.717, 1.165) is 4.47 Å². The molecule has 0 bridgehead atoms. The van der Waals surface area contributed by atoms with E-state index in [0.29, 0.717) is 5.56 Å². The highest BCUT2D eigenvalue weighted by atomic mass is 79.9. The number of aliphatic carboxylic acids is 1. The summed E-state index contributed by atoms with van der Waals surface area (Å²) in [6.07, 6.45) is 0.117. The number of carboxylic acids is 1. The van der Waals surface area contributed by atoms with Crippen molar-refractivity contribution in [1.29, 1.82) is 5.41 Å². The minimum absolute atomic E-state index is 0.117. The van der Waals surface area contributed by atoms with E-state index in [2.05, 4.69) is 21.2 Å². The lowest BCUT2D eigenvalue weighted by atomic mass is 9.89.